The van der Waals surface area contributed by atoms with Gasteiger partial charge in [-0.05, 0) is 158 Å². The van der Waals surface area contributed by atoms with Crippen LogP contribution in [0.1, 0.15) is 68.2 Å². The fourth-order valence-electron chi connectivity index (χ4n) is 10.1. The van der Waals surface area contributed by atoms with Gasteiger partial charge in [0.1, 0.15) is 22.9 Å². The number of para-hydroxylation sites is 1. The Bertz CT molecular complexity index is 3070. The fourth-order valence-corrected chi connectivity index (χ4v) is 10.1. The molecule has 0 spiro atoms. The highest BCUT2D eigenvalue weighted by molar-refractivity contribution is 6.23. The molecule has 77 heavy (non-hydrogen) atoms. The smallest absolute Gasteiger partial charge is 0.336 e. The van der Waals surface area contributed by atoms with Crippen molar-refractivity contribution in [2.24, 2.45) is 4.99 Å². The van der Waals surface area contributed by atoms with Crippen molar-refractivity contribution in [1.29, 1.82) is 0 Å². The molecule has 0 aromatic heterocycles. The first-order valence-corrected chi connectivity index (χ1v) is 26.2. The molecule has 15 heteroatoms. The van der Waals surface area contributed by atoms with E-state index in [0.29, 0.717) is 41.7 Å². The summed E-state index contributed by atoms with van der Waals surface area (Å²) >= 11 is 0. The first-order valence-electron chi connectivity index (χ1n) is 26.2. The Morgan fingerprint density at radius 1 is 0.597 bits per heavy atom. The molecule has 0 N–H and O–H groups in total. The second-order valence-corrected chi connectivity index (χ2v) is 18.8. The molecule has 4 aliphatic heterocycles. The van der Waals surface area contributed by atoms with Crippen LogP contribution in [0.2, 0.25) is 0 Å². The number of benzene rings is 6. The number of aryl methyl sites for hydroxylation is 2. The monoisotopic (exact) mass is 1040 g/mol. The molecular formula is C62H66N6O9. The van der Waals surface area contributed by atoms with Crippen LogP contribution in [-0.4, -0.2) is 95.4 Å². The number of unbranched alkanes of at least 4 members (excludes halogenated alkanes) is 2. The molecule has 6 aromatic carbocycles. The molecule has 2 fully saturated rings. The van der Waals surface area contributed by atoms with Crippen molar-refractivity contribution in [3.63, 3.8) is 0 Å². The highest BCUT2D eigenvalue weighted by atomic mass is 16.5. The zero-order chi connectivity index (χ0) is 54.0. The van der Waals surface area contributed by atoms with Gasteiger partial charge in [-0.25, -0.2) is 4.79 Å². The van der Waals surface area contributed by atoms with E-state index >= 15 is 0 Å². The third-order valence-electron chi connectivity index (χ3n) is 14.0. The van der Waals surface area contributed by atoms with Crippen LogP contribution in [0, 0.1) is 0 Å². The predicted molar refractivity (Wildman–Crippen MR) is 303 cm³/mol. The lowest BCUT2D eigenvalue weighted by Gasteiger charge is -2.37. The van der Waals surface area contributed by atoms with Crippen LogP contribution in [0.5, 0.6) is 28.7 Å². The molecule has 0 unspecified atom stereocenters. The summed E-state index contributed by atoms with van der Waals surface area (Å²) in [5.74, 6) is 2.63. The number of amidine groups is 1. The Morgan fingerprint density at radius 3 is 1.68 bits per heavy atom. The number of ether oxygens (including phenoxy) is 6. The number of aliphatic imine (C=N–C) groups is 1. The van der Waals surface area contributed by atoms with Gasteiger partial charge < -0.3 is 38.2 Å². The van der Waals surface area contributed by atoms with Gasteiger partial charge in [0.2, 0.25) is 0 Å². The molecule has 4 amide bonds. The molecule has 0 radical (unpaired) electrons. The molecule has 2 saturated heterocycles. The van der Waals surface area contributed by atoms with Gasteiger partial charge in [-0.1, -0.05) is 50.1 Å². The van der Waals surface area contributed by atoms with E-state index in [-0.39, 0.29) is 29.6 Å². The number of nitrogens with zero attached hydrogens (tertiary/aromatic N) is 6. The number of anilines is 5. The summed E-state index contributed by atoms with van der Waals surface area (Å²) in [6.07, 6.45) is 10.9. The van der Waals surface area contributed by atoms with Crippen molar-refractivity contribution in [3.05, 3.63) is 161 Å². The minimum atomic E-state index is -0.277. The van der Waals surface area contributed by atoms with Crippen LogP contribution >= 0.6 is 0 Å². The third-order valence-corrected chi connectivity index (χ3v) is 14.0. The van der Waals surface area contributed by atoms with E-state index in [1.807, 2.05) is 116 Å². The minimum Gasteiger partial charge on any atom is -0.497 e. The Hall–Kier alpha value is -8.72. The second kappa shape index (κ2) is 24.3. The number of carbonyl (C=O) groups excluding carboxylic acids is 3. The van der Waals surface area contributed by atoms with Crippen LogP contribution in [0.25, 0.3) is 12.2 Å². The van der Waals surface area contributed by atoms with E-state index in [4.69, 9.17) is 33.4 Å². The summed E-state index contributed by atoms with van der Waals surface area (Å²) < 4.78 is 33.4. The van der Waals surface area contributed by atoms with E-state index in [1.54, 1.807) is 49.3 Å². The van der Waals surface area contributed by atoms with E-state index < -0.39 is 0 Å². The van der Waals surface area contributed by atoms with Crippen LogP contribution in [0.3, 0.4) is 0 Å². The number of rotatable bonds is 17. The average molecular weight is 1040 g/mol. The highest BCUT2D eigenvalue weighted by Gasteiger charge is 2.41. The summed E-state index contributed by atoms with van der Waals surface area (Å²) in [4.78, 5) is 53.5. The van der Waals surface area contributed by atoms with Gasteiger partial charge in [0, 0.05) is 61.1 Å². The number of hydrogen-bond donors (Lipinski definition) is 0. The van der Waals surface area contributed by atoms with Gasteiger partial charge >= 0.3 is 12.1 Å². The normalized spacial score (nSPS) is 16.4. The lowest BCUT2D eigenvalue weighted by Crippen LogP contribution is -2.34. The molecule has 10 rings (SSSR count). The van der Waals surface area contributed by atoms with Crippen molar-refractivity contribution < 1.29 is 42.8 Å². The molecule has 0 bridgehead atoms. The van der Waals surface area contributed by atoms with Crippen molar-refractivity contribution in [2.75, 3.05) is 76.4 Å². The maximum absolute atomic E-state index is 13.7. The van der Waals surface area contributed by atoms with Crippen LogP contribution < -0.4 is 38.4 Å². The van der Waals surface area contributed by atoms with Gasteiger partial charge in [0.05, 0.1) is 41.2 Å². The zero-order valence-electron chi connectivity index (χ0n) is 44.9. The molecule has 398 valence electrons. The van der Waals surface area contributed by atoms with E-state index in [2.05, 4.69) is 28.9 Å². The Morgan fingerprint density at radius 2 is 1.16 bits per heavy atom. The highest BCUT2D eigenvalue weighted by Crippen LogP contribution is 2.43. The minimum absolute atomic E-state index is 0.158. The van der Waals surface area contributed by atoms with Gasteiger partial charge in [0.15, 0.2) is 22.9 Å². The molecule has 0 aliphatic carbocycles. The first-order chi connectivity index (χ1) is 37.6. The third kappa shape index (κ3) is 11.4. The predicted octanol–water partition coefficient (Wildman–Crippen LogP) is 12.5. The van der Waals surface area contributed by atoms with E-state index in [0.717, 1.165) is 90.6 Å². The number of methoxy groups -OCH3 is 5. The quantitative estimate of drug-likeness (QED) is 0.0491. The number of hydrogen-bond acceptors (Lipinski definition) is 12. The molecule has 15 nitrogen and oxygen atoms in total. The maximum atomic E-state index is 13.7. The summed E-state index contributed by atoms with van der Waals surface area (Å²) in [6, 6.07) is 40.8. The number of amides is 4. The van der Waals surface area contributed by atoms with E-state index in [9.17, 15) is 14.4 Å². The molecule has 4 heterocycles. The van der Waals surface area contributed by atoms with Crippen LogP contribution in [-0.2, 0) is 27.2 Å². The number of likely N-dealkylation sites (N-methyl/N-ethyl adjacent to an activating group) is 1. The maximum Gasteiger partial charge on any atom is 0.336 e. The van der Waals surface area contributed by atoms with Crippen molar-refractivity contribution in [1.82, 2.24) is 9.80 Å². The summed E-state index contributed by atoms with van der Waals surface area (Å²) in [6.45, 7) is 7.05. The Balaban J connectivity index is 0.000000211. The first kappa shape index (κ1) is 53.1. The topological polar surface area (TPSA) is 135 Å². The summed E-state index contributed by atoms with van der Waals surface area (Å²) in [7, 11) is 7.93. The van der Waals surface area contributed by atoms with Crippen LogP contribution in [0.15, 0.2) is 144 Å². The van der Waals surface area contributed by atoms with Crippen molar-refractivity contribution >= 4 is 70.1 Å². The molecule has 0 saturated carbocycles. The van der Waals surface area contributed by atoms with Gasteiger partial charge in [-0.3, -0.25) is 24.3 Å². The fraction of sp³-hybridized carbons (Fsp3) is 0.290. The van der Waals surface area contributed by atoms with Crippen molar-refractivity contribution in [3.8, 4) is 28.7 Å². The second-order valence-electron chi connectivity index (χ2n) is 18.8. The number of urea groups is 1. The SMILES string of the molecule is CCCCCN1C(=O)/C(=C\c2ccc(N(c3ccc(OC)cc3)c3ccc(OC)cc3)cc2)OC1=Nc1c(OC)cc(OC)cc1OC.CCN1C(=O)/C(=C\c2cc3c4c(c2)CCCN4CCC3)N(c2ccccc2)C1=O. The van der Waals surface area contributed by atoms with Gasteiger partial charge in [-0.15, -0.1) is 0 Å². The molecule has 4 aliphatic rings. The Labute approximate surface area is 451 Å². The summed E-state index contributed by atoms with van der Waals surface area (Å²) in [5, 5.41) is 0. The zero-order valence-corrected chi connectivity index (χ0v) is 44.9. The van der Waals surface area contributed by atoms with Gasteiger partial charge in [0.25, 0.3) is 11.8 Å². The van der Waals surface area contributed by atoms with Crippen LogP contribution in [0.4, 0.5) is 38.9 Å². The standard InChI is InChI=1S/C38H41N3O7.C24H25N3O2/c1-7-8-9-22-40-37(42)35(48-38(40)39-36-33(46-5)24-32(45-4)25-34(36)47-6)23-26-10-12-27(13-11-26)41(28-14-18-30(43-2)19-15-28)29-16-20-31(44-3)21-17-29;1-2-26-23(28)21(27(24(26)29)20-10-4-3-5-11-20)16-17-14-18-8-6-12-25-13-7-9-19(15-17)22(18)25/h10-21,23-25H,7-9,22H2,1-6H3;3-5,10-11,14-16H,2,6-9,12-13H2,1H3/b35-23+,39-38?;21-16+. The largest absolute Gasteiger partial charge is 0.497 e. The molecule has 0 atom stereocenters. The molecular weight excluding hydrogens is 973 g/mol. The van der Waals surface area contributed by atoms with Gasteiger partial charge in [-0.2, -0.15) is 4.99 Å². The summed E-state index contributed by atoms with van der Waals surface area (Å²) in [5.41, 5.74) is 10.3. The van der Waals surface area contributed by atoms with E-state index in [1.165, 1.54) is 48.8 Å². The van der Waals surface area contributed by atoms with Crippen molar-refractivity contribution in [2.45, 2.75) is 58.8 Å². The average Bonchev–Trinajstić information content (AvgIpc) is 3.90. The lowest BCUT2D eigenvalue weighted by molar-refractivity contribution is -0.123. The molecule has 6 aromatic rings. The number of imide groups is 1. The Kier molecular flexibility index (Phi) is 16.8. The number of carbonyl (C=O) groups is 3. The lowest BCUT2D eigenvalue weighted by atomic mass is 9.90.